The van der Waals surface area contributed by atoms with Crippen LogP contribution in [0.5, 0.6) is 5.75 Å². The molecule has 1 heterocycles. The van der Waals surface area contributed by atoms with Crippen LogP contribution in [0.25, 0.3) is 11.0 Å². The highest BCUT2D eigenvalue weighted by Crippen LogP contribution is 2.30. The molecule has 0 atom stereocenters. The summed E-state index contributed by atoms with van der Waals surface area (Å²) < 4.78 is 10.4. The van der Waals surface area contributed by atoms with Crippen LogP contribution in [-0.4, -0.2) is 23.5 Å². The van der Waals surface area contributed by atoms with E-state index in [1.807, 2.05) is 0 Å². The van der Waals surface area contributed by atoms with E-state index in [2.05, 4.69) is 15.9 Å². The van der Waals surface area contributed by atoms with Crippen molar-refractivity contribution in [2.75, 3.05) is 12.4 Å². The van der Waals surface area contributed by atoms with Crippen molar-refractivity contribution in [2.24, 2.45) is 0 Å². The number of ether oxygens (including phenoxy) is 1. The van der Waals surface area contributed by atoms with Crippen molar-refractivity contribution in [3.63, 3.8) is 0 Å². The fourth-order valence-electron chi connectivity index (χ4n) is 1.87. The number of carbonyl (C=O) groups is 1. The van der Waals surface area contributed by atoms with Gasteiger partial charge in [-0.05, 0) is 24.6 Å². The topological polar surface area (TPSA) is 59.7 Å². The fraction of sp³-hybridized carbons (Fsp3) is 0.308. The molecule has 0 aliphatic heterocycles. The first-order valence-electron chi connectivity index (χ1n) is 5.56. The number of hydrogen-bond donors (Lipinski definition) is 1. The van der Waals surface area contributed by atoms with Crippen LogP contribution in [0.3, 0.4) is 0 Å². The number of phenols is 1. The van der Waals surface area contributed by atoms with Crippen molar-refractivity contribution in [1.82, 2.24) is 0 Å². The van der Waals surface area contributed by atoms with Gasteiger partial charge in [0.2, 0.25) is 0 Å². The zero-order valence-corrected chi connectivity index (χ0v) is 11.5. The van der Waals surface area contributed by atoms with E-state index >= 15 is 0 Å². The summed E-state index contributed by atoms with van der Waals surface area (Å²) in [5, 5.41) is 10.9. The van der Waals surface area contributed by atoms with E-state index in [4.69, 9.17) is 9.15 Å². The molecule has 0 bridgehead atoms. The van der Waals surface area contributed by atoms with Crippen LogP contribution in [0.2, 0.25) is 0 Å². The van der Waals surface area contributed by atoms with Crippen LogP contribution in [0.1, 0.15) is 22.5 Å². The van der Waals surface area contributed by atoms with E-state index in [-0.39, 0.29) is 5.75 Å². The normalized spacial score (nSPS) is 10.8. The Balaban J connectivity index is 2.57. The fourth-order valence-corrected chi connectivity index (χ4v) is 2.15. The van der Waals surface area contributed by atoms with Gasteiger partial charge in [-0.1, -0.05) is 15.9 Å². The molecule has 5 heteroatoms. The van der Waals surface area contributed by atoms with Gasteiger partial charge in [-0.3, -0.25) is 0 Å². The van der Waals surface area contributed by atoms with Crippen LogP contribution < -0.4 is 0 Å². The Morgan fingerprint density at radius 3 is 2.94 bits per heavy atom. The zero-order valence-electron chi connectivity index (χ0n) is 9.90. The lowest BCUT2D eigenvalue weighted by Gasteiger charge is -2.00. The van der Waals surface area contributed by atoms with Crippen LogP contribution in [0.4, 0.5) is 0 Å². The van der Waals surface area contributed by atoms with Gasteiger partial charge < -0.3 is 14.3 Å². The number of carbonyl (C=O) groups excluding carboxylic acids is 1. The number of phenolic OH excluding ortho intramolecular Hbond substituents is 1. The molecule has 0 saturated carbocycles. The van der Waals surface area contributed by atoms with Gasteiger partial charge >= 0.3 is 5.97 Å². The average Bonchev–Trinajstić information content (AvgIpc) is 2.73. The van der Waals surface area contributed by atoms with Gasteiger partial charge in [0.15, 0.2) is 0 Å². The molecule has 1 aromatic carbocycles. The highest BCUT2D eigenvalue weighted by atomic mass is 79.9. The molecule has 4 nitrogen and oxygen atoms in total. The molecule has 2 rings (SSSR count). The third-order valence-corrected chi connectivity index (χ3v) is 3.23. The van der Waals surface area contributed by atoms with Crippen molar-refractivity contribution >= 4 is 32.9 Å². The van der Waals surface area contributed by atoms with E-state index in [1.165, 1.54) is 19.2 Å². The number of furan rings is 1. The van der Waals surface area contributed by atoms with Crippen molar-refractivity contribution in [3.05, 3.63) is 29.5 Å². The minimum atomic E-state index is -0.441. The van der Waals surface area contributed by atoms with Gasteiger partial charge in [-0.15, -0.1) is 0 Å². The molecule has 0 spiro atoms. The number of halogens is 1. The Labute approximate surface area is 113 Å². The van der Waals surface area contributed by atoms with Gasteiger partial charge in [0.1, 0.15) is 22.7 Å². The van der Waals surface area contributed by atoms with Gasteiger partial charge in [0.25, 0.3) is 0 Å². The molecule has 1 aromatic heterocycles. The molecule has 96 valence electrons. The average molecular weight is 313 g/mol. The first-order chi connectivity index (χ1) is 8.67. The number of fused-ring (bicyclic) bond motifs is 1. The number of hydrogen-bond acceptors (Lipinski definition) is 4. The predicted molar refractivity (Wildman–Crippen MR) is 71.3 cm³/mol. The Kier molecular flexibility index (Phi) is 3.91. The number of methoxy groups -OCH3 is 1. The lowest BCUT2D eigenvalue weighted by molar-refractivity contribution is 0.0600. The quantitative estimate of drug-likeness (QED) is 0.695. The van der Waals surface area contributed by atoms with Crippen LogP contribution >= 0.6 is 15.9 Å². The molecule has 0 amide bonds. The smallest absolute Gasteiger partial charge is 0.342 e. The van der Waals surface area contributed by atoms with Crippen molar-refractivity contribution in [3.8, 4) is 5.75 Å². The minimum absolute atomic E-state index is 0.0977. The highest BCUT2D eigenvalue weighted by molar-refractivity contribution is 9.09. The Morgan fingerprint density at radius 2 is 2.28 bits per heavy atom. The lowest BCUT2D eigenvalue weighted by atomic mass is 10.1. The Hall–Kier alpha value is -1.49. The largest absolute Gasteiger partial charge is 0.508 e. The molecular formula is C13H13BrO4. The first kappa shape index (κ1) is 13.0. The summed E-state index contributed by atoms with van der Waals surface area (Å²) >= 11 is 3.34. The van der Waals surface area contributed by atoms with Gasteiger partial charge in [-0.2, -0.15) is 0 Å². The summed E-state index contributed by atoms with van der Waals surface area (Å²) in [6.45, 7) is 0. The molecule has 0 aliphatic rings. The van der Waals surface area contributed by atoms with Crippen LogP contribution in [0.15, 0.2) is 22.6 Å². The number of aryl methyl sites for hydroxylation is 1. The Bertz CT molecular complexity index is 574. The van der Waals surface area contributed by atoms with E-state index in [0.717, 1.165) is 11.8 Å². The summed E-state index contributed by atoms with van der Waals surface area (Å²) in [5.41, 5.74) is 0.988. The molecule has 0 unspecified atom stereocenters. The summed E-state index contributed by atoms with van der Waals surface area (Å²) in [4.78, 5) is 11.8. The molecule has 18 heavy (non-hydrogen) atoms. The summed E-state index contributed by atoms with van der Waals surface area (Å²) in [6, 6.07) is 4.69. The molecule has 0 saturated heterocycles. The molecule has 1 N–H and O–H groups in total. The first-order valence-corrected chi connectivity index (χ1v) is 6.68. The van der Waals surface area contributed by atoms with E-state index in [9.17, 15) is 9.90 Å². The SMILES string of the molecule is COC(=O)c1c(CCCBr)oc2ccc(O)cc12. The second kappa shape index (κ2) is 5.44. The standard InChI is InChI=1S/C13H13BrO4/c1-17-13(16)12-9-7-8(15)4-5-10(9)18-11(12)3-2-6-14/h4-5,7,15H,2-3,6H2,1H3. The number of aromatic hydroxyl groups is 1. The summed E-state index contributed by atoms with van der Waals surface area (Å²) in [5.74, 6) is 0.256. The monoisotopic (exact) mass is 312 g/mol. The van der Waals surface area contributed by atoms with Crippen LogP contribution in [0, 0.1) is 0 Å². The van der Waals surface area contributed by atoms with Gasteiger partial charge in [0.05, 0.1) is 7.11 Å². The molecule has 2 aromatic rings. The number of rotatable bonds is 4. The number of alkyl halides is 1. The lowest BCUT2D eigenvalue weighted by Crippen LogP contribution is -2.03. The maximum absolute atomic E-state index is 11.8. The summed E-state index contributed by atoms with van der Waals surface area (Å²) in [6.07, 6.45) is 1.50. The molecular weight excluding hydrogens is 300 g/mol. The molecule has 0 radical (unpaired) electrons. The van der Waals surface area contributed by atoms with Gasteiger partial charge in [0, 0.05) is 17.1 Å². The maximum Gasteiger partial charge on any atom is 0.342 e. The Morgan fingerprint density at radius 1 is 1.50 bits per heavy atom. The third-order valence-electron chi connectivity index (χ3n) is 2.67. The summed E-state index contributed by atoms with van der Waals surface area (Å²) in [7, 11) is 1.33. The second-order valence-corrected chi connectivity index (χ2v) is 4.66. The van der Waals surface area contributed by atoms with E-state index in [1.54, 1.807) is 6.07 Å². The van der Waals surface area contributed by atoms with Gasteiger partial charge in [-0.25, -0.2) is 4.79 Å². The van der Waals surface area contributed by atoms with E-state index in [0.29, 0.717) is 28.7 Å². The highest BCUT2D eigenvalue weighted by Gasteiger charge is 2.21. The number of benzene rings is 1. The third kappa shape index (κ3) is 2.36. The van der Waals surface area contributed by atoms with Crippen molar-refractivity contribution in [2.45, 2.75) is 12.8 Å². The van der Waals surface area contributed by atoms with E-state index < -0.39 is 5.97 Å². The van der Waals surface area contributed by atoms with Crippen molar-refractivity contribution < 1.29 is 19.1 Å². The zero-order chi connectivity index (χ0) is 13.1. The number of esters is 1. The predicted octanol–water partition coefficient (Wildman–Crippen LogP) is 3.25. The maximum atomic E-state index is 11.8. The minimum Gasteiger partial charge on any atom is -0.508 e. The second-order valence-electron chi connectivity index (χ2n) is 3.86. The van der Waals surface area contributed by atoms with Crippen molar-refractivity contribution in [1.29, 1.82) is 0 Å². The molecule has 0 aliphatic carbocycles. The van der Waals surface area contributed by atoms with Crippen LogP contribution in [-0.2, 0) is 11.2 Å². The molecule has 0 fully saturated rings.